The van der Waals surface area contributed by atoms with Crippen LogP contribution in [0.2, 0.25) is 0 Å². The lowest BCUT2D eigenvalue weighted by Crippen LogP contribution is -2.26. The number of aryl methyl sites for hydroxylation is 2. The van der Waals surface area contributed by atoms with Gasteiger partial charge in [0, 0.05) is 13.1 Å². The average Bonchev–Trinajstić information content (AvgIpc) is 2.52. The zero-order valence-corrected chi connectivity index (χ0v) is 13.1. The van der Waals surface area contributed by atoms with Gasteiger partial charge in [0.15, 0.2) is 0 Å². The van der Waals surface area contributed by atoms with Gasteiger partial charge in [-0.1, -0.05) is 36.4 Å². The summed E-state index contributed by atoms with van der Waals surface area (Å²) >= 11 is 0. The molecule has 0 heterocycles. The van der Waals surface area contributed by atoms with Crippen LogP contribution in [0.25, 0.3) is 0 Å². The Morgan fingerprint density at radius 3 is 2.68 bits per heavy atom. The van der Waals surface area contributed by atoms with E-state index < -0.39 is 0 Å². The summed E-state index contributed by atoms with van der Waals surface area (Å²) in [7, 11) is 0. The third-order valence-electron chi connectivity index (χ3n) is 3.85. The molecule has 2 aromatic carbocycles. The highest BCUT2D eigenvalue weighted by Crippen LogP contribution is 2.14. The van der Waals surface area contributed by atoms with E-state index in [2.05, 4.69) is 17.4 Å². The standard InChI is InChI=1S/C19H24FNO/c1-15-10-11-18(20)12-17(15)8-5-9-19(22)14-21-13-16-6-3-2-4-7-16/h2-4,6-7,10-12,19,21-22H,5,8-9,13-14H2,1H3/t19-/m1/s1. The fourth-order valence-corrected chi connectivity index (χ4v) is 2.52. The molecule has 1 atom stereocenters. The molecule has 0 aliphatic heterocycles. The van der Waals surface area contributed by atoms with Crippen LogP contribution in [0.5, 0.6) is 0 Å². The van der Waals surface area contributed by atoms with E-state index in [1.165, 1.54) is 11.6 Å². The Hall–Kier alpha value is -1.71. The SMILES string of the molecule is Cc1ccc(F)cc1CCC[C@@H](O)CNCc1ccccc1. The second-order valence-electron chi connectivity index (χ2n) is 5.73. The summed E-state index contributed by atoms with van der Waals surface area (Å²) in [6.45, 7) is 3.34. The highest BCUT2D eigenvalue weighted by molar-refractivity contribution is 5.26. The minimum absolute atomic E-state index is 0.189. The monoisotopic (exact) mass is 301 g/mol. The van der Waals surface area contributed by atoms with Crippen molar-refractivity contribution in [3.63, 3.8) is 0 Å². The van der Waals surface area contributed by atoms with Gasteiger partial charge < -0.3 is 10.4 Å². The van der Waals surface area contributed by atoms with Crippen LogP contribution in [0.1, 0.15) is 29.5 Å². The molecule has 2 nitrogen and oxygen atoms in total. The van der Waals surface area contributed by atoms with E-state index in [1.54, 1.807) is 6.07 Å². The van der Waals surface area contributed by atoms with Gasteiger partial charge in [0.2, 0.25) is 0 Å². The lowest BCUT2D eigenvalue weighted by Gasteiger charge is -2.12. The van der Waals surface area contributed by atoms with Crippen LogP contribution in [-0.4, -0.2) is 17.8 Å². The van der Waals surface area contributed by atoms with Gasteiger partial charge in [-0.05, 0) is 55.0 Å². The van der Waals surface area contributed by atoms with E-state index in [1.807, 2.05) is 31.2 Å². The Bertz CT molecular complexity index is 571. The first-order valence-electron chi connectivity index (χ1n) is 7.83. The summed E-state index contributed by atoms with van der Waals surface area (Å²) in [4.78, 5) is 0. The molecule has 0 aromatic heterocycles. The molecule has 0 saturated carbocycles. The van der Waals surface area contributed by atoms with E-state index >= 15 is 0 Å². The topological polar surface area (TPSA) is 32.3 Å². The van der Waals surface area contributed by atoms with E-state index in [9.17, 15) is 9.50 Å². The summed E-state index contributed by atoms with van der Waals surface area (Å²) in [5.74, 6) is -0.189. The van der Waals surface area contributed by atoms with Crippen LogP contribution in [0.15, 0.2) is 48.5 Å². The van der Waals surface area contributed by atoms with E-state index in [0.717, 1.165) is 36.9 Å². The molecule has 0 bridgehead atoms. The summed E-state index contributed by atoms with van der Waals surface area (Å²) in [5, 5.41) is 13.3. The molecule has 2 N–H and O–H groups in total. The molecule has 2 aromatic rings. The van der Waals surface area contributed by atoms with Crippen molar-refractivity contribution in [2.75, 3.05) is 6.54 Å². The van der Waals surface area contributed by atoms with Crippen molar-refractivity contribution in [2.45, 2.75) is 38.8 Å². The number of benzene rings is 2. The Morgan fingerprint density at radius 2 is 1.91 bits per heavy atom. The number of nitrogens with one attached hydrogen (secondary N) is 1. The lowest BCUT2D eigenvalue weighted by atomic mass is 10.0. The van der Waals surface area contributed by atoms with Crippen molar-refractivity contribution >= 4 is 0 Å². The van der Waals surface area contributed by atoms with Gasteiger partial charge in [-0.2, -0.15) is 0 Å². The van der Waals surface area contributed by atoms with Gasteiger partial charge >= 0.3 is 0 Å². The number of hydrogen-bond donors (Lipinski definition) is 2. The molecule has 0 radical (unpaired) electrons. The maximum atomic E-state index is 13.2. The lowest BCUT2D eigenvalue weighted by molar-refractivity contribution is 0.159. The summed E-state index contributed by atoms with van der Waals surface area (Å²) < 4.78 is 13.2. The molecule has 2 rings (SSSR count). The van der Waals surface area contributed by atoms with E-state index in [4.69, 9.17) is 0 Å². The molecule has 0 aliphatic rings. The van der Waals surface area contributed by atoms with Crippen molar-refractivity contribution < 1.29 is 9.50 Å². The summed E-state index contributed by atoms with van der Waals surface area (Å²) in [5.41, 5.74) is 3.35. The molecule has 0 spiro atoms. The zero-order valence-electron chi connectivity index (χ0n) is 13.1. The van der Waals surface area contributed by atoms with E-state index in [0.29, 0.717) is 6.54 Å². The normalized spacial score (nSPS) is 12.3. The van der Waals surface area contributed by atoms with Gasteiger partial charge in [0.1, 0.15) is 5.82 Å². The molecule has 0 unspecified atom stereocenters. The molecular formula is C19H24FNO. The van der Waals surface area contributed by atoms with Crippen LogP contribution < -0.4 is 5.32 Å². The minimum atomic E-state index is -0.363. The van der Waals surface area contributed by atoms with Crippen LogP contribution in [0.3, 0.4) is 0 Å². The van der Waals surface area contributed by atoms with Crippen LogP contribution in [0, 0.1) is 12.7 Å². The minimum Gasteiger partial charge on any atom is -0.392 e. The first-order valence-corrected chi connectivity index (χ1v) is 7.83. The molecule has 22 heavy (non-hydrogen) atoms. The predicted octanol–water partition coefficient (Wildman–Crippen LogP) is 3.61. The van der Waals surface area contributed by atoms with Crippen molar-refractivity contribution in [1.82, 2.24) is 5.32 Å². The summed E-state index contributed by atoms with van der Waals surface area (Å²) in [6, 6.07) is 15.0. The van der Waals surface area contributed by atoms with Gasteiger partial charge in [-0.25, -0.2) is 4.39 Å². The summed E-state index contributed by atoms with van der Waals surface area (Å²) in [6.07, 6.45) is 2.02. The molecular weight excluding hydrogens is 277 g/mol. The van der Waals surface area contributed by atoms with Gasteiger partial charge in [-0.3, -0.25) is 0 Å². The maximum absolute atomic E-state index is 13.2. The quantitative estimate of drug-likeness (QED) is 0.780. The molecule has 118 valence electrons. The van der Waals surface area contributed by atoms with Gasteiger partial charge in [0.25, 0.3) is 0 Å². The highest BCUT2D eigenvalue weighted by atomic mass is 19.1. The predicted molar refractivity (Wildman–Crippen MR) is 88.2 cm³/mol. The second kappa shape index (κ2) is 8.66. The zero-order chi connectivity index (χ0) is 15.8. The number of aliphatic hydroxyl groups is 1. The number of aliphatic hydroxyl groups excluding tert-OH is 1. The van der Waals surface area contributed by atoms with Crippen molar-refractivity contribution in [3.8, 4) is 0 Å². The Morgan fingerprint density at radius 1 is 1.14 bits per heavy atom. The van der Waals surface area contributed by atoms with E-state index in [-0.39, 0.29) is 11.9 Å². The van der Waals surface area contributed by atoms with Crippen LogP contribution in [-0.2, 0) is 13.0 Å². The second-order valence-corrected chi connectivity index (χ2v) is 5.73. The Kier molecular flexibility index (Phi) is 6.56. The molecule has 0 saturated heterocycles. The largest absolute Gasteiger partial charge is 0.392 e. The first kappa shape index (κ1) is 16.7. The Balaban J connectivity index is 1.65. The van der Waals surface area contributed by atoms with Crippen molar-refractivity contribution in [3.05, 3.63) is 71.0 Å². The number of halogens is 1. The maximum Gasteiger partial charge on any atom is 0.123 e. The fourth-order valence-electron chi connectivity index (χ4n) is 2.52. The highest BCUT2D eigenvalue weighted by Gasteiger charge is 2.06. The third-order valence-corrected chi connectivity index (χ3v) is 3.85. The van der Waals surface area contributed by atoms with Gasteiger partial charge in [-0.15, -0.1) is 0 Å². The molecule has 0 aliphatic carbocycles. The van der Waals surface area contributed by atoms with Crippen molar-refractivity contribution in [2.24, 2.45) is 0 Å². The number of hydrogen-bond acceptors (Lipinski definition) is 2. The third kappa shape index (κ3) is 5.58. The number of rotatable bonds is 8. The molecule has 3 heteroatoms. The molecule has 0 amide bonds. The molecule has 0 fully saturated rings. The first-order chi connectivity index (χ1) is 10.6. The van der Waals surface area contributed by atoms with Crippen LogP contribution in [0.4, 0.5) is 4.39 Å². The fraction of sp³-hybridized carbons (Fsp3) is 0.368. The van der Waals surface area contributed by atoms with Crippen LogP contribution >= 0.6 is 0 Å². The van der Waals surface area contributed by atoms with Crippen molar-refractivity contribution in [1.29, 1.82) is 0 Å². The average molecular weight is 301 g/mol. The Labute approximate surface area is 132 Å². The van der Waals surface area contributed by atoms with Gasteiger partial charge in [0.05, 0.1) is 6.10 Å². The smallest absolute Gasteiger partial charge is 0.123 e.